The smallest absolute Gasteiger partial charge is 0.223 e. The summed E-state index contributed by atoms with van der Waals surface area (Å²) in [6.07, 6.45) is 6.57. The molecule has 0 spiro atoms. The standard InChI is InChI=1S/C18H20F2N2O2/c19-13-5-6-14(15(20)11-13)16-12-21-17(24-16)7-8-18(23)22-9-3-1-2-4-10-22/h5-6,11-12H,1-4,7-10H2. The number of carbonyl (C=O) groups is 1. The summed E-state index contributed by atoms with van der Waals surface area (Å²) < 4.78 is 32.2. The second-order valence-corrected chi connectivity index (χ2v) is 6.04. The van der Waals surface area contributed by atoms with Gasteiger partial charge in [-0.25, -0.2) is 13.8 Å². The topological polar surface area (TPSA) is 46.3 Å². The number of nitrogens with zero attached hydrogens (tertiary/aromatic N) is 2. The van der Waals surface area contributed by atoms with E-state index in [0.717, 1.165) is 32.0 Å². The molecule has 128 valence electrons. The van der Waals surface area contributed by atoms with Crippen LogP contribution in [0.5, 0.6) is 0 Å². The summed E-state index contributed by atoms with van der Waals surface area (Å²) >= 11 is 0. The maximum atomic E-state index is 13.8. The number of aryl methyl sites for hydroxylation is 1. The predicted octanol–water partition coefficient (Wildman–Crippen LogP) is 3.96. The van der Waals surface area contributed by atoms with Gasteiger partial charge in [-0.05, 0) is 25.0 Å². The van der Waals surface area contributed by atoms with Crippen LogP contribution in [0.1, 0.15) is 38.0 Å². The van der Waals surface area contributed by atoms with E-state index >= 15 is 0 Å². The zero-order chi connectivity index (χ0) is 16.9. The number of benzene rings is 1. The molecule has 6 heteroatoms. The Labute approximate surface area is 139 Å². The van der Waals surface area contributed by atoms with Crippen LogP contribution in [0.3, 0.4) is 0 Å². The van der Waals surface area contributed by atoms with Crippen LogP contribution < -0.4 is 0 Å². The summed E-state index contributed by atoms with van der Waals surface area (Å²) in [7, 11) is 0. The third-order valence-electron chi connectivity index (χ3n) is 4.26. The number of likely N-dealkylation sites (tertiary alicyclic amines) is 1. The first kappa shape index (κ1) is 16.6. The van der Waals surface area contributed by atoms with Crippen LogP contribution in [0.15, 0.2) is 28.8 Å². The Morgan fingerprint density at radius 3 is 2.62 bits per heavy atom. The first-order valence-electron chi connectivity index (χ1n) is 8.31. The zero-order valence-electron chi connectivity index (χ0n) is 13.4. The van der Waals surface area contributed by atoms with Crippen LogP contribution in [-0.4, -0.2) is 28.9 Å². The molecule has 0 unspecified atom stereocenters. The average molecular weight is 334 g/mol. The van der Waals surface area contributed by atoms with Gasteiger partial charge in [-0.2, -0.15) is 0 Å². The fourth-order valence-electron chi connectivity index (χ4n) is 2.93. The first-order valence-corrected chi connectivity index (χ1v) is 8.31. The van der Waals surface area contributed by atoms with Crippen LogP contribution in [0.25, 0.3) is 11.3 Å². The summed E-state index contributed by atoms with van der Waals surface area (Å²) in [6.45, 7) is 1.63. The van der Waals surface area contributed by atoms with Crippen molar-refractivity contribution >= 4 is 5.91 Å². The summed E-state index contributed by atoms with van der Waals surface area (Å²) in [6, 6.07) is 3.29. The molecule has 2 aromatic rings. The molecule has 0 radical (unpaired) electrons. The van der Waals surface area contributed by atoms with E-state index in [4.69, 9.17) is 4.42 Å². The molecule has 1 amide bonds. The van der Waals surface area contributed by atoms with E-state index in [9.17, 15) is 13.6 Å². The molecule has 1 aromatic heterocycles. The van der Waals surface area contributed by atoms with E-state index in [1.807, 2.05) is 4.90 Å². The second-order valence-electron chi connectivity index (χ2n) is 6.04. The van der Waals surface area contributed by atoms with Gasteiger partial charge in [0.15, 0.2) is 11.7 Å². The quantitative estimate of drug-likeness (QED) is 0.850. The van der Waals surface area contributed by atoms with Crippen molar-refractivity contribution in [2.45, 2.75) is 38.5 Å². The van der Waals surface area contributed by atoms with Gasteiger partial charge in [0.05, 0.1) is 11.8 Å². The molecule has 0 bridgehead atoms. The molecule has 24 heavy (non-hydrogen) atoms. The zero-order valence-corrected chi connectivity index (χ0v) is 13.4. The highest BCUT2D eigenvalue weighted by Gasteiger charge is 2.17. The normalized spacial score (nSPS) is 15.3. The van der Waals surface area contributed by atoms with Crippen molar-refractivity contribution in [2.75, 3.05) is 13.1 Å². The van der Waals surface area contributed by atoms with Crippen molar-refractivity contribution in [2.24, 2.45) is 0 Å². The largest absolute Gasteiger partial charge is 0.441 e. The minimum Gasteiger partial charge on any atom is -0.441 e. The Hall–Kier alpha value is -2.24. The molecule has 1 saturated heterocycles. The highest BCUT2D eigenvalue weighted by Crippen LogP contribution is 2.24. The summed E-state index contributed by atoms with van der Waals surface area (Å²) in [5.74, 6) is -0.608. The molecule has 1 aliphatic heterocycles. The van der Waals surface area contributed by atoms with Crippen LogP contribution >= 0.6 is 0 Å². The van der Waals surface area contributed by atoms with Crippen molar-refractivity contribution in [3.8, 4) is 11.3 Å². The molecule has 1 aromatic carbocycles. The number of hydrogen-bond donors (Lipinski definition) is 0. The van der Waals surface area contributed by atoms with Crippen molar-refractivity contribution < 1.29 is 18.0 Å². The summed E-state index contributed by atoms with van der Waals surface area (Å²) in [4.78, 5) is 18.2. The summed E-state index contributed by atoms with van der Waals surface area (Å²) in [5, 5.41) is 0. The van der Waals surface area contributed by atoms with E-state index in [2.05, 4.69) is 4.98 Å². The molecule has 4 nitrogen and oxygen atoms in total. The third kappa shape index (κ3) is 3.99. The minimum absolute atomic E-state index is 0.101. The van der Waals surface area contributed by atoms with E-state index in [1.165, 1.54) is 31.2 Å². The highest BCUT2D eigenvalue weighted by molar-refractivity contribution is 5.76. The van der Waals surface area contributed by atoms with Crippen molar-refractivity contribution in [3.05, 3.63) is 41.9 Å². The SMILES string of the molecule is O=C(CCc1ncc(-c2ccc(F)cc2F)o1)N1CCCCCC1. The van der Waals surface area contributed by atoms with Gasteiger partial charge in [0.25, 0.3) is 0 Å². The Morgan fingerprint density at radius 2 is 1.92 bits per heavy atom. The van der Waals surface area contributed by atoms with Gasteiger partial charge < -0.3 is 9.32 Å². The number of hydrogen-bond acceptors (Lipinski definition) is 3. The number of rotatable bonds is 4. The number of oxazole rings is 1. The Kier molecular flexibility index (Phi) is 5.23. The monoisotopic (exact) mass is 334 g/mol. The lowest BCUT2D eigenvalue weighted by Gasteiger charge is -2.19. The summed E-state index contributed by atoms with van der Waals surface area (Å²) in [5.41, 5.74) is 0.161. The number of amides is 1. The van der Waals surface area contributed by atoms with Gasteiger partial charge in [-0.15, -0.1) is 0 Å². The molecule has 1 aliphatic rings. The van der Waals surface area contributed by atoms with Gasteiger partial charge >= 0.3 is 0 Å². The van der Waals surface area contributed by atoms with Crippen LogP contribution in [-0.2, 0) is 11.2 Å². The van der Waals surface area contributed by atoms with Gasteiger partial charge in [0.2, 0.25) is 5.91 Å². The van der Waals surface area contributed by atoms with Crippen LogP contribution in [0.2, 0.25) is 0 Å². The van der Waals surface area contributed by atoms with Gasteiger partial charge in [0.1, 0.15) is 11.6 Å². The maximum absolute atomic E-state index is 13.8. The molecule has 0 aliphatic carbocycles. The molecular weight excluding hydrogens is 314 g/mol. The fourth-order valence-corrected chi connectivity index (χ4v) is 2.93. The minimum atomic E-state index is -0.696. The molecule has 0 saturated carbocycles. The Bertz CT molecular complexity index is 707. The Morgan fingerprint density at radius 1 is 1.17 bits per heavy atom. The molecule has 2 heterocycles. The van der Waals surface area contributed by atoms with Gasteiger partial charge in [-0.3, -0.25) is 4.79 Å². The second kappa shape index (κ2) is 7.55. The van der Waals surface area contributed by atoms with Crippen molar-refractivity contribution in [1.29, 1.82) is 0 Å². The molecule has 0 N–H and O–H groups in total. The number of carbonyl (C=O) groups excluding carboxylic acids is 1. The van der Waals surface area contributed by atoms with E-state index in [-0.39, 0.29) is 17.2 Å². The number of aromatic nitrogens is 1. The fraction of sp³-hybridized carbons (Fsp3) is 0.444. The highest BCUT2D eigenvalue weighted by atomic mass is 19.1. The molecular formula is C18H20F2N2O2. The molecule has 0 atom stereocenters. The first-order chi connectivity index (χ1) is 11.6. The van der Waals surface area contributed by atoms with E-state index in [0.29, 0.717) is 18.7 Å². The van der Waals surface area contributed by atoms with Crippen molar-refractivity contribution in [1.82, 2.24) is 9.88 Å². The third-order valence-corrected chi connectivity index (χ3v) is 4.26. The predicted molar refractivity (Wildman–Crippen MR) is 85.2 cm³/mol. The lowest BCUT2D eigenvalue weighted by molar-refractivity contribution is -0.131. The van der Waals surface area contributed by atoms with E-state index < -0.39 is 11.6 Å². The molecule has 1 fully saturated rings. The van der Waals surface area contributed by atoms with Crippen molar-refractivity contribution in [3.63, 3.8) is 0 Å². The Balaban J connectivity index is 1.60. The van der Waals surface area contributed by atoms with E-state index in [1.54, 1.807) is 0 Å². The lowest BCUT2D eigenvalue weighted by Crippen LogP contribution is -2.31. The van der Waals surface area contributed by atoms with Crippen LogP contribution in [0.4, 0.5) is 8.78 Å². The average Bonchev–Trinajstić information content (AvgIpc) is 2.85. The van der Waals surface area contributed by atoms with Crippen LogP contribution in [0, 0.1) is 11.6 Å². The number of halogens is 2. The van der Waals surface area contributed by atoms with Gasteiger partial charge in [-0.1, -0.05) is 12.8 Å². The molecule has 3 rings (SSSR count). The maximum Gasteiger partial charge on any atom is 0.223 e. The lowest BCUT2D eigenvalue weighted by atomic mass is 10.2. The van der Waals surface area contributed by atoms with Gasteiger partial charge in [0, 0.05) is 32.0 Å².